The molecule has 7 atom stereocenters. The molecule has 5 aliphatic heterocycles. The van der Waals surface area contributed by atoms with Gasteiger partial charge in [0.15, 0.2) is 34.5 Å². The van der Waals surface area contributed by atoms with Crippen molar-refractivity contribution >= 4 is 46.2 Å². The van der Waals surface area contributed by atoms with E-state index in [9.17, 15) is 43.2 Å². The summed E-state index contributed by atoms with van der Waals surface area (Å²) in [6, 6.07) is 22.3. The van der Waals surface area contributed by atoms with Gasteiger partial charge in [0.2, 0.25) is 6.29 Å². The molecule has 80 heavy (non-hydrogen) atoms. The Morgan fingerprint density at radius 2 is 1.41 bits per heavy atom. The number of hydrogen-bond donors (Lipinski definition) is 5. The fourth-order valence-electron chi connectivity index (χ4n) is 10.2. The number of benzene rings is 5. The van der Waals surface area contributed by atoms with Crippen molar-refractivity contribution in [2.24, 2.45) is 9.98 Å². The average molecular weight is 1120 g/mol. The van der Waals surface area contributed by atoms with Crippen LogP contribution in [0.5, 0.6) is 40.2 Å². The molecule has 1 fully saturated rings. The van der Waals surface area contributed by atoms with Gasteiger partial charge < -0.3 is 72.3 Å². The molecule has 0 aliphatic carbocycles. The quantitative estimate of drug-likeness (QED) is 0.0707. The van der Waals surface area contributed by atoms with Crippen LogP contribution in [0.25, 0.3) is 0 Å². The van der Waals surface area contributed by atoms with Gasteiger partial charge in [-0.1, -0.05) is 30.3 Å². The molecule has 3 amide bonds. The van der Waals surface area contributed by atoms with Crippen molar-refractivity contribution < 1.29 is 80.0 Å². The molecule has 0 aromatic heterocycles. The van der Waals surface area contributed by atoms with E-state index >= 15 is 0 Å². The van der Waals surface area contributed by atoms with Gasteiger partial charge in [0.05, 0.1) is 56.9 Å². The van der Waals surface area contributed by atoms with Crippen LogP contribution in [0.4, 0.5) is 5.69 Å². The smallest absolute Gasteiger partial charge is 0.493 e. The second kappa shape index (κ2) is 23.5. The molecule has 5 aromatic rings. The lowest BCUT2D eigenvalue weighted by atomic mass is 9.94. The van der Waals surface area contributed by atoms with Crippen molar-refractivity contribution in [2.45, 2.75) is 108 Å². The molecule has 10 rings (SSSR count). The Kier molecular flexibility index (Phi) is 16.3. The Bertz CT molecular complexity index is 3350. The Morgan fingerprint density at radius 1 is 0.725 bits per heavy atom. The Morgan fingerprint density at radius 3 is 2.14 bits per heavy atom. The normalized spacial score (nSPS) is 21.8. The van der Waals surface area contributed by atoms with Crippen molar-refractivity contribution in [1.29, 1.82) is 0 Å². The van der Waals surface area contributed by atoms with E-state index in [2.05, 4.69) is 11.4 Å². The van der Waals surface area contributed by atoms with E-state index in [4.69, 9.17) is 46.8 Å². The summed E-state index contributed by atoms with van der Waals surface area (Å²) in [5, 5.41) is 43.6. The molecule has 0 radical (unpaired) electrons. The summed E-state index contributed by atoms with van der Waals surface area (Å²) in [4.78, 5) is 54.0. The van der Waals surface area contributed by atoms with E-state index in [-0.39, 0.29) is 53.2 Å². The molecule has 1 unspecified atom stereocenters. The molecule has 5 aromatic carbocycles. The van der Waals surface area contributed by atoms with E-state index < -0.39 is 65.4 Å². The van der Waals surface area contributed by atoms with Crippen LogP contribution in [0.2, 0.25) is 0 Å². The maximum absolute atomic E-state index is 14.3. The molecule has 422 valence electrons. The lowest BCUT2D eigenvalue weighted by Crippen LogP contribution is -2.60. The number of aliphatic hydroxyl groups excluding tert-OH is 4. The van der Waals surface area contributed by atoms with E-state index in [1.54, 1.807) is 67.5 Å². The van der Waals surface area contributed by atoms with Gasteiger partial charge in [-0.25, -0.2) is 0 Å². The van der Waals surface area contributed by atoms with E-state index in [1.807, 2.05) is 24.3 Å². The van der Waals surface area contributed by atoms with E-state index in [0.29, 0.717) is 90.8 Å². The van der Waals surface area contributed by atoms with Crippen LogP contribution in [-0.2, 0) is 41.1 Å². The van der Waals surface area contributed by atoms with E-state index in [0.717, 1.165) is 23.6 Å². The van der Waals surface area contributed by atoms with Crippen LogP contribution in [0.15, 0.2) is 94.9 Å². The Labute approximate surface area is 461 Å². The molecule has 5 aliphatic rings. The number of unbranched alkanes of at least 4 members (excludes halogenated alkanes) is 2. The topological polar surface area (TPSA) is 283 Å². The van der Waals surface area contributed by atoms with Crippen LogP contribution in [0.3, 0.4) is 0 Å². The van der Waals surface area contributed by atoms with Crippen LogP contribution >= 0.6 is 0 Å². The number of aliphatic imine (C=N–C) groups is 2. The molecule has 23 heteroatoms. The average Bonchev–Trinajstić information content (AvgIpc) is 3.68. The van der Waals surface area contributed by atoms with Gasteiger partial charge in [0.25, 0.3) is 17.7 Å². The molecule has 5 heterocycles. The second-order valence-corrected chi connectivity index (χ2v) is 21.3. The van der Waals surface area contributed by atoms with Crippen LogP contribution in [0.1, 0.15) is 92.0 Å². The van der Waals surface area contributed by atoms with Gasteiger partial charge in [-0.2, -0.15) is 0 Å². The highest BCUT2D eigenvalue weighted by molar-refractivity contribution is 7.82. The zero-order valence-electron chi connectivity index (χ0n) is 44.2. The summed E-state index contributed by atoms with van der Waals surface area (Å²) in [5.41, 5.74) is 5.50. The molecule has 5 N–H and O–H groups in total. The number of nitrogens with zero attached hydrogens (tertiary/aromatic N) is 4. The molecule has 0 spiro atoms. The van der Waals surface area contributed by atoms with Crippen molar-refractivity contribution in [3.8, 4) is 40.2 Å². The number of nitrogens with one attached hydrogen (secondary N) is 1. The molecular weight excluding hydrogens is 1060 g/mol. The molecular formula is C57H61N5O17S. The van der Waals surface area contributed by atoms with Crippen LogP contribution in [0, 0.1) is 0 Å². The fraction of sp³-hybridized carbons (Fsp3) is 0.386. The monoisotopic (exact) mass is 1120 g/mol. The Hall–Kier alpha value is -7.80. The Balaban J connectivity index is 0.754. The minimum atomic E-state index is -5.02. The fourth-order valence-corrected chi connectivity index (χ4v) is 10.9. The standard InChI is InChI=1S/C57H61N5O17S/c1-31(2)60-54(67)34-13-15-43(76-57-53(66)52(65)51(64)49(30-63)77-57)48(20-34)79-80(70,71)78-39-14-12-33-18-38-27-58-42-25-47(45(73-4)24-41(42)56(69)61(38)29-37(33)19-39)75-17-9-5-8-16-74-46-21-36-26-59-50-22-32-10-6-7-11-35(32)28-62(50)55(68)40(36)23-44(46)72-3/h6-7,10-15,19-21,23-27,31,38,49-53,57,63-66H,5,8-9,16-18,22,28-30H2,1-4H3,(H,60,67)/t38-,49+,50-,51-,52-,53+,57?/m0/s1. The van der Waals surface area contributed by atoms with Crippen LogP contribution < -0.4 is 37.4 Å². The molecule has 22 nitrogen and oxygen atoms in total. The van der Waals surface area contributed by atoms with Gasteiger partial charge in [-0.05, 0) is 110 Å². The lowest BCUT2D eigenvalue weighted by molar-refractivity contribution is -0.277. The first-order valence-corrected chi connectivity index (χ1v) is 27.5. The summed E-state index contributed by atoms with van der Waals surface area (Å²) in [5.74, 6) is -0.409. The van der Waals surface area contributed by atoms with Gasteiger partial charge in [-0.3, -0.25) is 24.4 Å². The third-order valence-electron chi connectivity index (χ3n) is 14.4. The second-order valence-electron chi connectivity index (χ2n) is 20.1. The van der Waals surface area contributed by atoms with Gasteiger partial charge >= 0.3 is 10.4 Å². The molecule has 0 bridgehead atoms. The zero-order chi connectivity index (χ0) is 56.4. The summed E-state index contributed by atoms with van der Waals surface area (Å²) in [6.45, 7) is 3.97. The number of aliphatic hydroxyl groups is 4. The maximum Gasteiger partial charge on any atom is 0.501 e. The van der Waals surface area contributed by atoms with Crippen molar-refractivity contribution in [3.05, 3.63) is 129 Å². The van der Waals surface area contributed by atoms with Crippen molar-refractivity contribution in [3.63, 3.8) is 0 Å². The summed E-state index contributed by atoms with van der Waals surface area (Å²) in [6.07, 6.45) is -2.13. The predicted octanol–water partition coefficient (Wildman–Crippen LogP) is 4.59. The predicted molar refractivity (Wildman–Crippen MR) is 288 cm³/mol. The molecule has 0 saturated carbocycles. The number of amides is 3. The summed E-state index contributed by atoms with van der Waals surface area (Å²) >= 11 is 0. The van der Waals surface area contributed by atoms with Crippen molar-refractivity contribution in [1.82, 2.24) is 15.1 Å². The van der Waals surface area contributed by atoms with Gasteiger partial charge in [0, 0.05) is 55.2 Å². The highest BCUT2D eigenvalue weighted by atomic mass is 32.3. The highest BCUT2D eigenvalue weighted by Crippen LogP contribution is 2.41. The number of rotatable bonds is 19. The number of fused-ring (bicyclic) bond motifs is 6. The first kappa shape index (κ1) is 55.5. The minimum Gasteiger partial charge on any atom is -0.493 e. The van der Waals surface area contributed by atoms with Gasteiger partial charge in [-0.15, -0.1) is 8.42 Å². The lowest BCUT2D eigenvalue weighted by Gasteiger charge is -2.39. The van der Waals surface area contributed by atoms with Crippen LogP contribution in [-0.4, -0.2) is 152 Å². The number of ether oxygens (including phenoxy) is 6. The van der Waals surface area contributed by atoms with Crippen molar-refractivity contribution in [2.75, 3.05) is 34.0 Å². The van der Waals surface area contributed by atoms with E-state index in [1.165, 1.54) is 36.9 Å². The third-order valence-corrected chi connectivity index (χ3v) is 15.1. The minimum absolute atomic E-state index is 0.0309. The first-order valence-electron chi connectivity index (χ1n) is 26.1. The molecule has 1 saturated heterocycles. The first-order chi connectivity index (χ1) is 38.5. The number of carbonyl (C=O) groups excluding carboxylic acids is 3. The highest BCUT2D eigenvalue weighted by Gasteiger charge is 2.45. The maximum atomic E-state index is 14.3. The van der Waals surface area contributed by atoms with Gasteiger partial charge in [0.1, 0.15) is 36.3 Å². The number of hydrogen-bond acceptors (Lipinski definition) is 19. The zero-order valence-corrected chi connectivity index (χ0v) is 45.0. The number of methoxy groups -OCH3 is 2. The SMILES string of the molecule is COc1cc2c(cc1OCCCCCOc1cc3c(cc1OC)C(=O)N1Cc4cc(OS(=O)(=O)Oc5cc(C(=O)NC(C)C)ccc5OC5O[C@H](CO)[C@H](O)[C@H](O)[C@H]5O)ccc4C[C@H]1C=N3)C=N[C@@H]1Cc3ccccc3CN1C2=O. The number of carbonyl (C=O) groups is 3. The largest absolute Gasteiger partial charge is 0.501 e. The summed E-state index contributed by atoms with van der Waals surface area (Å²) in [7, 11) is -1.99. The summed E-state index contributed by atoms with van der Waals surface area (Å²) < 4.78 is 73.0. The third kappa shape index (κ3) is 11.7.